The van der Waals surface area contributed by atoms with E-state index in [0.29, 0.717) is 12.1 Å². The third-order valence-corrected chi connectivity index (χ3v) is 2.31. The molecule has 6 heteroatoms. The van der Waals surface area contributed by atoms with Gasteiger partial charge in [-0.25, -0.2) is 0 Å². The van der Waals surface area contributed by atoms with Crippen LogP contribution >= 0.6 is 0 Å². The minimum Gasteiger partial charge on any atom is -0.349 e. The Kier molecular flexibility index (Phi) is 4.99. The van der Waals surface area contributed by atoms with E-state index in [2.05, 4.69) is 5.10 Å². The van der Waals surface area contributed by atoms with Crippen LogP contribution in [0.25, 0.3) is 0 Å². The maximum Gasteiger partial charge on any atom is 0.217 e. The lowest BCUT2D eigenvalue weighted by atomic mass is 10.1. The quantitative estimate of drug-likeness (QED) is 0.398. The number of hydrogen-bond donors (Lipinski definition) is 0. The lowest BCUT2D eigenvalue weighted by Crippen LogP contribution is -2.26. The Morgan fingerprint density at radius 3 is 2.53 bits per heavy atom. The number of Topliss-reactive ketones (excluding diaryl/α,β-unsaturated/α-hetero) is 2. The van der Waals surface area contributed by atoms with Gasteiger partial charge in [0.1, 0.15) is 0 Å². The molecule has 0 N–H and O–H groups in total. The van der Waals surface area contributed by atoms with Gasteiger partial charge in [0.05, 0.1) is 18.2 Å². The number of carbonyl (C=O) groups is 2. The maximum absolute atomic E-state index is 11.7. The van der Waals surface area contributed by atoms with E-state index in [1.165, 1.54) is 20.4 Å². The van der Waals surface area contributed by atoms with Crippen LogP contribution in [0.5, 0.6) is 0 Å². The van der Waals surface area contributed by atoms with Crippen LogP contribution in [-0.2, 0) is 20.8 Å². The van der Waals surface area contributed by atoms with Crippen molar-refractivity contribution in [2.24, 2.45) is 0 Å². The molecule has 1 aromatic heterocycles. The topological polar surface area (TPSA) is 70.4 Å². The van der Waals surface area contributed by atoms with E-state index in [1.807, 2.05) is 6.92 Å². The van der Waals surface area contributed by atoms with Crippen molar-refractivity contribution in [2.75, 3.05) is 14.2 Å². The van der Waals surface area contributed by atoms with Crippen LogP contribution in [0.1, 0.15) is 23.7 Å². The van der Waals surface area contributed by atoms with Crippen molar-refractivity contribution < 1.29 is 19.1 Å². The predicted octanol–water partition coefficient (Wildman–Crippen LogP) is 0.664. The Morgan fingerprint density at radius 2 is 2.06 bits per heavy atom. The van der Waals surface area contributed by atoms with E-state index < -0.39 is 12.1 Å². The molecule has 17 heavy (non-hydrogen) atoms. The van der Waals surface area contributed by atoms with Crippen molar-refractivity contribution in [3.8, 4) is 0 Å². The zero-order valence-corrected chi connectivity index (χ0v) is 10.2. The van der Waals surface area contributed by atoms with Gasteiger partial charge in [0.2, 0.25) is 6.29 Å². The van der Waals surface area contributed by atoms with Crippen LogP contribution in [-0.4, -0.2) is 41.9 Å². The standard InChI is InChI=1S/C11H16N2O4/c1-4-13-7-8(6-12-13)9(14)5-10(15)11(16-2)17-3/h6-7,11H,4-5H2,1-3H3. The zero-order chi connectivity index (χ0) is 12.8. The summed E-state index contributed by atoms with van der Waals surface area (Å²) < 4.78 is 11.2. The van der Waals surface area contributed by atoms with Crippen molar-refractivity contribution in [1.82, 2.24) is 9.78 Å². The molecule has 1 rings (SSSR count). The normalized spacial score (nSPS) is 10.8. The highest BCUT2D eigenvalue weighted by molar-refractivity contribution is 6.08. The van der Waals surface area contributed by atoms with Crippen LogP contribution in [0, 0.1) is 0 Å². The van der Waals surface area contributed by atoms with Crippen LogP contribution in [0.15, 0.2) is 12.4 Å². The van der Waals surface area contributed by atoms with E-state index in [9.17, 15) is 9.59 Å². The molecule has 0 saturated heterocycles. The fourth-order valence-corrected chi connectivity index (χ4v) is 1.38. The molecule has 0 aliphatic carbocycles. The number of rotatable bonds is 7. The third-order valence-electron chi connectivity index (χ3n) is 2.31. The van der Waals surface area contributed by atoms with Gasteiger partial charge in [0.15, 0.2) is 11.6 Å². The minimum atomic E-state index is -0.986. The van der Waals surface area contributed by atoms with Gasteiger partial charge in [-0.15, -0.1) is 0 Å². The first-order chi connectivity index (χ1) is 8.12. The first-order valence-electron chi connectivity index (χ1n) is 5.26. The Labute approximate surface area is 99.5 Å². The highest BCUT2D eigenvalue weighted by atomic mass is 16.7. The molecule has 0 aromatic carbocycles. The van der Waals surface area contributed by atoms with E-state index in [0.717, 1.165) is 0 Å². The van der Waals surface area contributed by atoms with E-state index >= 15 is 0 Å². The number of nitrogens with zero attached hydrogens (tertiary/aromatic N) is 2. The molecule has 1 aromatic rings. The molecular weight excluding hydrogens is 224 g/mol. The minimum absolute atomic E-state index is 0.248. The fourth-order valence-electron chi connectivity index (χ4n) is 1.38. The molecule has 0 aliphatic heterocycles. The van der Waals surface area contributed by atoms with Gasteiger partial charge < -0.3 is 9.47 Å². The molecule has 0 aliphatic rings. The molecule has 0 atom stereocenters. The molecule has 94 valence electrons. The zero-order valence-electron chi connectivity index (χ0n) is 10.2. The molecule has 0 saturated carbocycles. The smallest absolute Gasteiger partial charge is 0.217 e. The Hall–Kier alpha value is -1.53. The number of ketones is 2. The molecule has 0 fully saturated rings. The predicted molar refractivity (Wildman–Crippen MR) is 59.7 cm³/mol. The molecule has 0 amide bonds. The van der Waals surface area contributed by atoms with Gasteiger partial charge in [-0.3, -0.25) is 14.3 Å². The summed E-state index contributed by atoms with van der Waals surface area (Å²) in [5, 5.41) is 3.97. The highest BCUT2D eigenvalue weighted by Crippen LogP contribution is 2.06. The van der Waals surface area contributed by atoms with Crippen molar-refractivity contribution in [3.05, 3.63) is 18.0 Å². The van der Waals surface area contributed by atoms with E-state index in [-0.39, 0.29) is 12.2 Å². The maximum atomic E-state index is 11.7. The Balaban J connectivity index is 2.62. The third kappa shape index (κ3) is 3.47. The van der Waals surface area contributed by atoms with Crippen LogP contribution < -0.4 is 0 Å². The lowest BCUT2D eigenvalue weighted by Gasteiger charge is -2.10. The van der Waals surface area contributed by atoms with Gasteiger partial charge >= 0.3 is 0 Å². The molecule has 0 bridgehead atoms. The highest BCUT2D eigenvalue weighted by Gasteiger charge is 2.21. The monoisotopic (exact) mass is 240 g/mol. The van der Waals surface area contributed by atoms with Crippen molar-refractivity contribution >= 4 is 11.6 Å². The lowest BCUT2D eigenvalue weighted by molar-refractivity contribution is -0.155. The van der Waals surface area contributed by atoms with Crippen LogP contribution in [0.2, 0.25) is 0 Å². The van der Waals surface area contributed by atoms with Crippen molar-refractivity contribution in [2.45, 2.75) is 26.2 Å². The number of aromatic nitrogens is 2. The summed E-state index contributed by atoms with van der Waals surface area (Å²) in [7, 11) is 2.71. The molecule has 0 spiro atoms. The number of methoxy groups -OCH3 is 2. The fraction of sp³-hybridized carbons (Fsp3) is 0.545. The summed E-state index contributed by atoms with van der Waals surface area (Å²) in [6.45, 7) is 2.60. The summed E-state index contributed by atoms with van der Waals surface area (Å²) in [6, 6.07) is 0. The second-order valence-corrected chi connectivity index (χ2v) is 3.45. The van der Waals surface area contributed by atoms with Gasteiger partial charge in [0, 0.05) is 27.0 Å². The number of aryl methyl sites for hydroxylation is 1. The van der Waals surface area contributed by atoms with Gasteiger partial charge in [-0.1, -0.05) is 0 Å². The average molecular weight is 240 g/mol. The second kappa shape index (κ2) is 6.27. The van der Waals surface area contributed by atoms with E-state index in [1.54, 1.807) is 10.9 Å². The Bertz CT molecular complexity index is 396. The average Bonchev–Trinajstić information content (AvgIpc) is 2.79. The van der Waals surface area contributed by atoms with Crippen molar-refractivity contribution in [1.29, 1.82) is 0 Å². The molecule has 1 heterocycles. The van der Waals surface area contributed by atoms with Crippen molar-refractivity contribution in [3.63, 3.8) is 0 Å². The Morgan fingerprint density at radius 1 is 1.41 bits per heavy atom. The molecule has 0 unspecified atom stereocenters. The molecular formula is C11H16N2O4. The van der Waals surface area contributed by atoms with Gasteiger partial charge in [-0.05, 0) is 6.92 Å². The SMILES string of the molecule is CCn1cc(C(=O)CC(=O)C(OC)OC)cn1. The summed E-state index contributed by atoms with van der Waals surface area (Å²) in [5.41, 5.74) is 0.422. The largest absolute Gasteiger partial charge is 0.349 e. The summed E-state index contributed by atoms with van der Waals surface area (Å²) in [4.78, 5) is 23.3. The number of hydrogen-bond acceptors (Lipinski definition) is 5. The molecule has 6 nitrogen and oxygen atoms in total. The summed E-state index contributed by atoms with van der Waals surface area (Å²) >= 11 is 0. The van der Waals surface area contributed by atoms with E-state index in [4.69, 9.17) is 9.47 Å². The summed E-state index contributed by atoms with van der Waals surface area (Å²) in [5.74, 6) is -0.682. The number of carbonyl (C=O) groups excluding carboxylic acids is 2. The first kappa shape index (κ1) is 13.5. The van der Waals surface area contributed by atoms with Gasteiger partial charge in [0.25, 0.3) is 0 Å². The first-order valence-corrected chi connectivity index (χ1v) is 5.26. The number of ether oxygens (including phenoxy) is 2. The summed E-state index contributed by atoms with van der Waals surface area (Å²) in [6.07, 6.45) is 1.83. The second-order valence-electron chi connectivity index (χ2n) is 3.45. The van der Waals surface area contributed by atoms with Crippen LogP contribution in [0.3, 0.4) is 0 Å². The van der Waals surface area contributed by atoms with Gasteiger partial charge in [-0.2, -0.15) is 5.10 Å². The van der Waals surface area contributed by atoms with Crippen LogP contribution in [0.4, 0.5) is 0 Å². The molecule has 0 radical (unpaired) electrons.